The quantitative estimate of drug-likeness (QED) is 0.649. The van der Waals surface area contributed by atoms with Crippen LogP contribution in [0, 0.1) is 18.6 Å². The Bertz CT molecular complexity index is 1060. The van der Waals surface area contributed by atoms with Crippen LogP contribution < -0.4 is 5.32 Å². The Labute approximate surface area is 179 Å². The van der Waals surface area contributed by atoms with E-state index in [1.807, 2.05) is 12.1 Å². The maximum Gasteiger partial charge on any atom is 0.277 e. The molecule has 31 heavy (non-hydrogen) atoms. The Balaban J connectivity index is 1.28. The molecule has 8 heteroatoms. The first-order valence-corrected chi connectivity index (χ1v) is 10.2. The number of aryl methyl sites for hydroxylation is 1. The number of halogens is 2. The first-order chi connectivity index (χ1) is 15.0. The predicted octanol–water partition coefficient (Wildman–Crippen LogP) is 3.83. The third kappa shape index (κ3) is 5.34. The number of carbonyl (C=O) groups excluding carboxylic acids is 1. The van der Waals surface area contributed by atoms with E-state index in [4.69, 9.17) is 4.42 Å². The van der Waals surface area contributed by atoms with Gasteiger partial charge in [0.2, 0.25) is 5.89 Å². The van der Waals surface area contributed by atoms with Crippen LogP contribution in [0.4, 0.5) is 14.5 Å². The number of amides is 1. The van der Waals surface area contributed by atoms with Gasteiger partial charge < -0.3 is 9.73 Å². The maximum absolute atomic E-state index is 13.8. The summed E-state index contributed by atoms with van der Waals surface area (Å²) in [7, 11) is 0. The van der Waals surface area contributed by atoms with Crippen molar-refractivity contribution in [2.24, 2.45) is 0 Å². The Hall–Kier alpha value is -3.10. The van der Waals surface area contributed by atoms with E-state index in [9.17, 15) is 13.6 Å². The molecule has 3 aromatic rings. The van der Waals surface area contributed by atoms with Gasteiger partial charge in [0.15, 0.2) is 5.69 Å². The molecule has 0 spiro atoms. The SMILES string of the molecule is Cc1ccc(NC(=O)c2coc(CN3CCN(Cc4ccccc4F)CC3)n2)cc1F. The smallest absolute Gasteiger partial charge is 0.277 e. The highest BCUT2D eigenvalue weighted by Crippen LogP contribution is 2.16. The van der Waals surface area contributed by atoms with Crippen molar-refractivity contribution in [1.29, 1.82) is 0 Å². The molecule has 2 heterocycles. The summed E-state index contributed by atoms with van der Waals surface area (Å²) in [5.41, 5.74) is 1.72. The van der Waals surface area contributed by atoms with Crippen LogP contribution in [0.1, 0.15) is 27.5 Å². The largest absolute Gasteiger partial charge is 0.447 e. The fourth-order valence-corrected chi connectivity index (χ4v) is 3.52. The van der Waals surface area contributed by atoms with Crippen molar-refractivity contribution in [3.63, 3.8) is 0 Å². The van der Waals surface area contributed by atoms with Gasteiger partial charge in [0, 0.05) is 44.0 Å². The average Bonchev–Trinajstić information content (AvgIpc) is 3.22. The highest BCUT2D eigenvalue weighted by Gasteiger charge is 2.20. The van der Waals surface area contributed by atoms with Crippen LogP contribution >= 0.6 is 0 Å². The number of hydrogen-bond donors (Lipinski definition) is 1. The molecule has 4 rings (SSSR count). The maximum atomic E-state index is 13.8. The van der Waals surface area contributed by atoms with E-state index in [1.165, 1.54) is 18.4 Å². The molecule has 1 N–H and O–H groups in total. The number of nitrogens with zero attached hydrogens (tertiary/aromatic N) is 3. The zero-order chi connectivity index (χ0) is 21.8. The summed E-state index contributed by atoms with van der Waals surface area (Å²) in [5.74, 6) is -0.563. The lowest BCUT2D eigenvalue weighted by molar-refractivity contribution is 0.102. The molecule has 1 aromatic heterocycles. The second-order valence-electron chi connectivity index (χ2n) is 7.69. The van der Waals surface area contributed by atoms with Crippen molar-refractivity contribution < 1.29 is 18.0 Å². The molecular weight excluding hydrogens is 402 g/mol. The Morgan fingerprint density at radius 1 is 1.03 bits per heavy atom. The van der Waals surface area contributed by atoms with Gasteiger partial charge in [0.25, 0.3) is 5.91 Å². The van der Waals surface area contributed by atoms with Crippen molar-refractivity contribution in [3.8, 4) is 0 Å². The molecule has 0 bridgehead atoms. The van der Waals surface area contributed by atoms with Crippen molar-refractivity contribution in [3.05, 3.63) is 83.1 Å². The molecule has 0 saturated carbocycles. The monoisotopic (exact) mass is 426 g/mol. The summed E-state index contributed by atoms with van der Waals surface area (Å²) in [4.78, 5) is 21.0. The summed E-state index contributed by atoms with van der Waals surface area (Å²) in [6, 6.07) is 11.3. The minimum Gasteiger partial charge on any atom is -0.447 e. The second kappa shape index (κ2) is 9.36. The van der Waals surface area contributed by atoms with Crippen LogP contribution in [-0.4, -0.2) is 46.9 Å². The van der Waals surface area contributed by atoms with Gasteiger partial charge in [-0.2, -0.15) is 0 Å². The van der Waals surface area contributed by atoms with Gasteiger partial charge in [-0.05, 0) is 30.7 Å². The first kappa shape index (κ1) is 21.1. The summed E-state index contributed by atoms with van der Waals surface area (Å²) in [5, 5.41) is 2.62. The lowest BCUT2D eigenvalue weighted by atomic mass is 10.2. The highest BCUT2D eigenvalue weighted by molar-refractivity contribution is 6.02. The van der Waals surface area contributed by atoms with E-state index in [2.05, 4.69) is 20.1 Å². The minimum absolute atomic E-state index is 0.147. The van der Waals surface area contributed by atoms with Gasteiger partial charge in [-0.15, -0.1) is 0 Å². The fraction of sp³-hybridized carbons (Fsp3) is 0.304. The summed E-state index contributed by atoms with van der Waals surface area (Å²) >= 11 is 0. The van der Waals surface area contributed by atoms with Crippen molar-refractivity contribution in [1.82, 2.24) is 14.8 Å². The Morgan fingerprint density at radius 3 is 2.45 bits per heavy atom. The van der Waals surface area contributed by atoms with E-state index in [-0.39, 0.29) is 17.3 Å². The summed E-state index contributed by atoms with van der Waals surface area (Å²) in [6.07, 6.45) is 1.31. The average molecular weight is 426 g/mol. The molecule has 0 radical (unpaired) electrons. The summed E-state index contributed by atoms with van der Waals surface area (Å²) in [6.45, 7) is 5.93. The fourth-order valence-electron chi connectivity index (χ4n) is 3.52. The van der Waals surface area contributed by atoms with E-state index < -0.39 is 5.91 Å². The lowest BCUT2D eigenvalue weighted by Gasteiger charge is -2.34. The number of benzene rings is 2. The number of rotatable bonds is 6. The zero-order valence-electron chi connectivity index (χ0n) is 17.3. The Morgan fingerprint density at radius 2 is 1.74 bits per heavy atom. The molecule has 162 valence electrons. The van der Waals surface area contributed by atoms with E-state index in [0.29, 0.717) is 35.8 Å². The Kier molecular flexibility index (Phi) is 6.39. The zero-order valence-corrected chi connectivity index (χ0v) is 17.3. The topological polar surface area (TPSA) is 61.6 Å². The highest BCUT2D eigenvalue weighted by atomic mass is 19.1. The third-order valence-corrected chi connectivity index (χ3v) is 5.39. The van der Waals surface area contributed by atoms with E-state index >= 15 is 0 Å². The minimum atomic E-state index is -0.451. The van der Waals surface area contributed by atoms with Crippen LogP contribution in [0.5, 0.6) is 0 Å². The molecule has 1 aliphatic heterocycles. The number of anilines is 1. The van der Waals surface area contributed by atoms with Crippen LogP contribution in [0.2, 0.25) is 0 Å². The van der Waals surface area contributed by atoms with Gasteiger partial charge in [-0.1, -0.05) is 24.3 Å². The molecule has 6 nitrogen and oxygen atoms in total. The number of carbonyl (C=O) groups is 1. The molecule has 2 aromatic carbocycles. The lowest BCUT2D eigenvalue weighted by Crippen LogP contribution is -2.45. The van der Waals surface area contributed by atoms with Crippen molar-refractivity contribution in [2.75, 3.05) is 31.5 Å². The molecule has 1 amide bonds. The number of oxazole rings is 1. The van der Waals surface area contributed by atoms with Crippen molar-refractivity contribution >= 4 is 11.6 Å². The van der Waals surface area contributed by atoms with Crippen LogP contribution in [0.25, 0.3) is 0 Å². The van der Waals surface area contributed by atoms with Crippen LogP contribution in [0.3, 0.4) is 0 Å². The standard InChI is InChI=1S/C23H24F2N4O2/c1-16-6-7-18(12-20(16)25)26-23(30)21-15-31-22(27-21)14-29-10-8-28(9-11-29)13-17-4-2-3-5-19(17)24/h2-7,12,15H,8-11,13-14H2,1H3,(H,26,30). The predicted molar refractivity (Wildman–Crippen MR) is 113 cm³/mol. The van der Waals surface area contributed by atoms with Gasteiger partial charge in [0.05, 0.1) is 6.54 Å². The van der Waals surface area contributed by atoms with Gasteiger partial charge in [-0.25, -0.2) is 13.8 Å². The van der Waals surface area contributed by atoms with Gasteiger partial charge in [-0.3, -0.25) is 14.6 Å². The molecule has 0 atom stereocenters. The van der Waals surface area contributed by atoms with Gasteiger partial charge in [0.1, 0.15) is 17.9 Å². The number of aromatic nitrogens is 1. The third-order valence-electron chi connectivity index (χ3n) is 5.39. The second-order valence-corrected chi connectivity index (χ2v) is 7.69. The summed E-state index contributed by atoms with van der Waals surface area (Å²) < 4.78 is 33.0. The molecular formula is C23H24F2N4O2. The van der Waals surface area contributed by atoms with Crippen LogP contribution in [0.15, 0.2) is 53.1 Å². The molecule has 0 aliphatic carbocycles. The molecule has 1 aliphatic rings. The van der Waals surface area contributed by atoms with Crippen LogP contribution in [-0.2, 0) is 13.1 Å². The number of nitrogens with one attached hydrogen (secondary N) is 1. The van der Waals surface area contributed by atoms with E-state index in [1.54, 1.807) is 25.1 Å². The molecule has 1 saturated heterocycles. The first-order valence-electron chi connectivity index (χ1n) is 10.2. The molecule has 0 unspecified atom stereocenters. The molecule has 1 fully saturated rings. The number of piperazine rings is 1. The normalized spacial score (nSPS) is 15.2. The van der Waals surface area contributed by atoms with Gasteiger partial charge >= 0.3 is 0 Å². The van der Waals surface area contributed by atoms with E-state index in [0.717, 1.165) is 26.2 Å². The number of hydrogen-bond acceptors (Lipinski definition) is 5. The van der Waals surface area contributed by atoms with Crippen molar-refractivity contribution in [2.45, 2.75) is 20.0 Å².